The van der Waals surface area contributed by atoms with Crippen molar-refractivity contribution in [2.45, 2.75) is 26.4 Å². The van der Waals surface area contributed by atoms with Gasteiger partial charge in [0.2, 0.25) is 0 Å². The van der Waals surface area contributed by atoms with Crippen molar-refractivity contribution in [3.8, 4) is 0 Å². The van der Waals surface area contributed by atoms with Crippen molar-refractivity contribution in [2.75, 3.05) is 11.1 Å². The van der Waals surface area contributed by atoms with Gasteiger partial charge in [0.15, 0.2) is 0 Å². The minimum absolute atomic E-state index is 0.191. The second-order valence-electron chi connectivity index (χ2n) is 6.62. The number of amides is 1. The van der Waals surface area contributed by atoms with Gasteiger partial charge >= 0.3 is 0 Å². The van der Waals surface area contributed by atoms with Crippen molar-refractivity contribution in [2.24, 2.45) is 0 Å². The lowest BCUT2D eigenvalue weighted by Gasteiger charge is -2.10. The summed E-state index contributed by atoms with van der Waals surface area (Å²) in [5.41, 5.74) is 12.9. The predicted octanol–water partition coefficient (Wildman–Crippen LogP) is 5.23. The average Bonchev–Trinajstić information content (AvgIpc) is 3.19. The zero-order valence-electron chi connectivity index (χ0n) is 16.4. The third kappa shape index (κ3) is 5.70. The summed E-state index contributed by atoms with van der Waals surface area (Å²) in [5, 5.41) is 2.83. The maximum Gasteiger partial charge on any atom is 0.265 e. The molecule has 0 aliphatic rings. The summed E-state index contributed by atoms with van der Waals surface area (Å²) in [6, 6.07) is 19.1. The number of carbonyl (C=O) groups is 1. The number of aryl methyl sites for hydroxylation is 1. The van der Waals surface area contributed by atoms with Gasteiger partial charge < -0.3 is 11.1 Å². The highest BCUT2D eigenvalue weighted by atomic mass is 32.1. The Balaban J connectivity index is 1.49. The fourth-order valence-corrected chi connectivity index (χ4v) is 3.60. The molecule has 0 radical (unpaired) electrons. The molecule has 3 aromatic rings. The van der Waals surface area contributed by atoms with Gasteiger partial charge in [0.1, 0.15) is 6.61 Å². The van der Waals surface area contributed by atoms with Gasteiger partial charge in [0.25, 0.3) is 5.91 Å². The quantitative estimate of drug-likeness (QED) is 0.335. The number of thiophene rings is 1. The zero-order valence-corrected chi connectivity index (χ0v) is 17.2. The Morgan fingerprint density at radius 1 is 1.10 bits per heavy atom. The van der Waals surface area contributed by atoms with Crippen molar-refractivity contribution >= 4 is 34.3 Å². The maximum absolute atomic E-state index is 12.4. The monoisotopic (exact) mass is 407 g/mol. The van der Waals surface area contributed by atoms with Crippen LogP contribution in [0.5, 0.6) is 0 Å². The maximum atomic E-state index is 12.4. The Morgan fingerprint density at radius 2 is 1.86 bits per heavy atom. The normalized spacial score (nSPS) is 10.5. The third-order valence-corrected chi connectivity index (χ3v) is 5.40. The molecule has 150 valence electrons. The molecule has 29 heavy (non-hydrogen) atoms. The molecule has 4 N–H and O–H groups in total. The lowest BCUT2D eigenvalue weighted by atomic mass is 10.1. The molecule has 0 fully saturated rings. The first-order valence-corrected chi connectivity index (χ1v) is 10.3. The van der Waals surface area contributed by atoms with Crippen LogP contribution in [0.15, 0.2) is 67.2 Å². The number of hydrogen-bond acceptors (Lipinski definition) is 5. The molecule has 0 aliphatic carbocycles. The highest BCUT2D eigenvalue weighted by molar-refractivity contribution is 7.14. The van der Waals surface area contributed by atoms with Crippen LogP contribution in [0.2, 0.25) is 0 Å². The molecule has 0 bridgehead atoms. The van der Waals surface area contributed by atoms with E-state index in [-0.39, 0.29) is 5.91 Å². The molecular formula is C23H25N3O2S. The van der Waals surface area contributed by atoms with E-state index in [1.54, 1.807) is 18.2 Å². The Labute approximate surface area is 175 Å². The summed E-state index contributed by atoms with van der Waals surface area (Å²) in [7, 11) is 0. The van der Waals surface area contributed by atoms with Gasteiger partial charge in [-0.15, -0.1) is 11.3 Å². The van der Waals surface area contributed by atoms with Gasteiger partial charge in [-0.2, -0.15) is 0 Å². The van der Waals surface area contributed by atoms with Crippen LogP contribution < -0.4 is 16.5 Å². The SMILES string of the molecule is C=C(NOCc1ccc(C(=O)Nc2ccccc2N)s1)c1ccc(CCC)cc1. The van der Waals surface area contributed by atoms with Gasteiger partial charge in [0, 0.05) is 4.88 Å². The van der Waals surface area contributed by atoms with E-state index in [9.17, 15) is 4.79 Å². The molecular weight excluding hydrogens is 382 g/mol. The van der Waals surface area contributed by atoms with Crippen molar-refractivity contribution < 1.29 is 9.63 Å². The lowest BCUT2D eigenvalue weighted by Crippen LogP contribution is -2.12. The van der Waals surface area contributed by atoms with Gasteiger partial charge in [-0.05, 0) is 41.8 Å². The first kappa shape index (κ1) is 20.6. The molecule has 1 aromatic heterocycles. The van der Waals surface area contributed by atoms with Crippen LogP contribution in [0.25, 0.3) is 5.70 Å². The molecule has 2 aromatic carbocycles. The molecule has 1 amide bonds. The number of anilines is 2. The van der Waals surface area contributed by atoms with E-state index in [2.05, 4.69) is 36.4 Å². The fraction of sp³-hybridized carbons (Fsp3) is 0.174. The van der Waals surface area contributed by atoms with Crippen LogP contribution in [0, 0.1) is 0 Å². The smallest absolute Gasteiger partial charge is 0.265 e. The topological polar surface area (TPSA) is 76.4 Å². The van der Waals surface area contributed by atoms with Crippen LogP contribution in [0.3, 0.4) is 0 Å². The van der Waals surface area contributed by atoms with E-state index in [0.29, 0.717) is 28.6 Å². The Hall–Kier alpha value is -3.09. The summed E-state index contributed by atoms with van der Waals surface area (Å²) in [6.07, 6.45) is 2.20. The number of rotatable bonds is 9. The van der Waals surface area contributed by atoms with Gasteiger partial charge in [-0.3, -0.25) is 15.1 Å². The number of nitrogen functional groups attached to an aromatic ring is 1. The number of para-hydroxylation sites is 2. The summed E-state index contributed by atoms with van der Waals surface area (Å²) in [4.78, 5) is 19.5. The number of hydrogen-bond donors (Lipinski definition) is 3. The Bertz CT molecular complexity index is 980. The second-order valence-corrected chi connectivity index (χ2v) is 7.79. The Kier molecular flexibility index (Phi) is 7.05. The first-order chi connectivity index (χ1) is 14.1. The molecule has 0 unspecified atom stereocenters. The van der Waals surface area contributed by atoms with E-state index >= 15 is 0 Å². The molecule has 5 nitrogen and oxygen atoms in total. The van der Waals surface area contributed by atoms with Gasteiger partial charge in [-0.1, -0.05) is 56.3 Å². The minimum atomic E-state index is -0.191. The van der Waals surface area contributed by atoms with Crippen LogP contribution in [-0.4, -0.2) is 5.91 Å². The van der Waals surface area contributed by atoms with E-state index < -0.39 is 0 Å². The summed E-state index contributed by atoms with van der Waals surface area (Å²) >= 11 is 1.37. The van der Waals surface area contributed by atoms with Gasteiger partial charge in [-0.25, -0.2) is 0 Å². The van der Waals surface area contributed by atoms with E-state index in [1.807, 2.05) is 30.3 Å². The molecule has 3 rings (SSSR count). The number of nitrogens with two attached hydrogens (primary N) is 1. The summed E-state index contributed by atoms with van der Waals surface area (Å²) in [6.45, 7) is 6.51. The third-order valence-electron chi connectivity index (χ3n) is 4.35. The van der Waals surface area contributed by atoms with Crippen LogP contribution in [0.4, 0.5) is 11.4 Å². The zero-order chi connectivity index (χ0) is 20.6. The van der Waals surface area contributed by atoms with E-state index in [1.165, 1.54) is 16.9 Å². The van der Waals surface area contributed by atoms with Crippen molar-refractivity contribution in [1.82, 2.24) is 5.48 Å². The molecule has 0 saturated heterocycles. The summed E-state index contributed by atoms with van der Waals surface area (Å²) < 4.78 is 0. The fourth-order valence-electron chi connectivity index (χ4n) is 2.79. The number of carbonyl (C=O) groups excluding carboxylic acids is 1. The molecule has 0 atom stereocenters. The van der Waals surface area contributed by atoms with Crippen LogP contribution in [-0.2, 0) is 17.9 Å². The predicted molar refractivity (Wildman–Crippen MR) is 121 cm³/mol. The lowest BCUT2D eigenvalue weighted by molar-refractivity contribution is 0.0666. The van der Waals surface area contributed by atoms with Gasteiger partial charge in [0.05, 0.1) is 21.9 Å². The highest BCUT2D eigenvalue weighted by Crippen LogP contribution is 2.22. The average molecular weight is 408 g/mol. The molecule has 0 spiro atoms. The molecule has 0 aliphatic heterocycles. The van der Waals surface area contributed by atoms with Crippen LogP contribution in [0.1, 0.15) is 39.0 Å². The van der Waals surface area contributed by atoms with Crippen molar-refractivity contribution in [3.05, 3.63) is 88.1 Å². The number of benzene rings is 2. The highest BCUT2D eigenvalue weighted by Gasteiger charge is 2.11. The van der Waals surface area contributed by atoms with E-state index in [0.717, 1.165) is 23.3 Å². The second kappa shape index (κ2) is 9.91. The number of hydroxylamine groups is 1. The van der Waals surface area contributed by atoms with Crippen molar-refractivity contribution in [1.29, 1.82) is 0 Å². The molecule has 1 heterocycles. The van der Waals surface area contributed by atoms with E-state index in [4.69, 9.17) is 10.6 Å². The Morgan fingerprint density at radius 3 is 2.59 bits per heavy atom. The van der Waals surface area contributed by atoms with Crippen LogP contribution >= 0.6 is 11.3 Å². The largest absolute Gasteiger partial charge is 0.397 e. The number of nitrogens with one attached hydrogen (secondary N) is 2. The minimum Gasteiger partial charge on any atom is -0.397 e. The molecule has 6 heteroatoms. The standard InChI is InChI=1S/C23H25N3O2S/c1-3-6-17-9-11-18(12-10-17)16(2)26-28-15-19-13-14-22(29-19)23(27)25-21-8-5-4-7-20(21)24/h4-5,7-14,26H,2-3,6,15,24H2,1H3,(H,25,27). The van der Waals surface area contributed by atoms with Crippen molar-refractivity contribution in [3.63, 3.8) is 0 Å². The first-order valence-electron chi connectivity index (χ1n) is 9.47. The summed E-state index contributed by atoms with van der Waals surface area (Å²) in [5.74, 6) is -0.191. The molecule has 0 saturated carbocycles.